The Balaban J connectivity index is 1.95. The van der Waals surface area contributed by atoms with Gasteiger partial charge in [-0.25, -0.2) is 0 Å². The molecular weight excluding hydrogens is 284 g/mol. The van der Waals surface area contributed by atoms with Crippen LogP contribution in [-0.4, -0.2) is 24.5 Å². The molecule has 3 rings (SSSR count). The molecule has 5 heteroatoms. The molecule has 0 saturated carbocycles. The molecule has 0 aliphatic carbocycles. The van der Waals surface area contributed by atoms with Crippen molar-refractivity contribution >= 4 is 22.9 Å². The van der Waals surface area contributed by atoms with Crippen LogP contribution in [0.5, 0.6) is 5.75 Å². The van der Waals surface area contributed by atoms with Gasteiger partial charge in [0, 0.05) is 11.4 Å². The summed E-state index contributed by atoms with van der Waals surface area (Å²) in [6.45, 7) is 2.80. The fourth-order valence-corrected chi connectivity index (χ4v) is 3.86. The predicted octanol–water partition coefficient (Wildman–Crippen LogP) is 3.10. The van der Waals surface area contributed by atoms with Crippen molar-refractivity contribution in [3.63, 3.8) is 0 Å². The average Bonchev–Trinajstić information content (AvgIpc) is 2.96. The van der Waals surface area contributed by atoms with Gasteiger partial charge in [0.25, 0.3) is 5.91 Å². The first-order valence-electron chi connectivity index (χ1n) is 6.93. The molecule has 4 nitrogen and oxygen atoms in total. The Morgan fingerprint density at radius 3 is 3.00 bits per heavy atom. The second-order valence-electron chi connectivity index (χ2n) is 5.15. The summed E-state index contributed by atoms with van der Waals surface area (Å²) in [5.74, 6) is 0.439. The number of amides is 1. The van der Waals surface area contributed by atoms with E-state index in [9.17, 15) is 4.79 Å². The van der Waals surface area contributed by atoms with E-state index >= 15 is 0 Å². The Morgan fingerprint density at radius 1 is 1.43 bits per heavy atom. The summed E-state index contributed by atoms with van der Waals surface area (Å²) in [4.78, 5) is 16.1. The molecule has 21 heavy (non-hydrogen) atoms. The van der Waals surface area contributed by atoms with Gasteiger partial charge in [-0.1, -0.05) is 6.07 Å². The van der Waals surface area contributed by atoms with Crippen LogP contribution in [-0.2, 0) is 6.42 Å². The van der Waals surface area contributed by atoms with Gasteiger partial charge in [-0.2, -0.15) is 0 Å². The van der Waals surface area contributed by atoms with Crippen molar-refractivity contribution in [2.45, 2.75) is 19.4 Å². The number of fused-ring (bicyclic) bond motifs is 1. The maximum absolute atomic E-state index is 12.9. The first kappa shape index (κ1) is 13.9. The van der Waals surface area contributed by atoms with Crippen LogP contribution in [0.15, 0.2) is 29.6 Å². The van der Waals surface area contributed by atoms with E-state index in [0.29, 0.717) is 17.0 Å². The molecule has 1 aliphatic rings. The third kappa shape index (κ3) is 2.27. The zero-order valence-corrected chi connectivity index (χ0v) is 12.9. The van der Waals surface area contributed by atoms with E-state index < -0.39 is 0 Å². The Labute approximate surface area is 128 Å². The Kier molecular flexibility index (Phi) is 3.59. The summed E-state index contributed by atoms with van der Waals surface area (Å²) in [5, 5.41) is 2.09. The second kappa shape index (κ2) is 5.41. The Bertz CT molecular complexity index is 681. The van der Waals surface area contributed by atoms with E-state index in [0.717, 1.165) is 13.0 Å². The van der Waals surface area contributed by atoms with Crippen LogP contribution in [0, 0.1) is 0 Å². The number of para-hydroxylation sites is 1. The average molecular weight is 302 g/mol. The lowest BCUT2D eigenvalue weighted by molar-refractivity contribution is 0.0676. The Hall–Kier alpha value is -2.01. The molecule has 0 radical (unpaired) electrons. The maximum atomic E-state index is 12.9. The largest absolute Gasteiger partial charge is 0.494 e. The van der Waals surface area contributed by atoms with Crippen LogP contribution in [0.1, 0.15) is 33.8 Å². The molecule has 1 aliphatic heterocycles. The van der Waals surface area contributed by atoms with E-state index in [1.165, 1.54) is 10.4 Å². The number of rotatable bonds is 2. The number of hydrogen-bond acceptors (Lipinski definition) is 4. The number of hydrogen-bond donors (Lipinski definition) is 1. The van der Waals surface area contributed by atoms with Crippen molar-refractivity contribution < 1.29 is 9.53 Å². The van der Waals surface area contributed by atoms with Crippen LogP contribution < -0.4 is 10.5 Å². The van der Waals surface area contributed by atoms with Gasteiger partial charge in [0.15, 0.2) is 5.75 Å². The van der Waals surface area contributed by atoms with Crippen molar-refractivity contribution in [2.75, 3.05) is 19.4 Å². The lowest BCUT2D eigenvalue weighted by Crippen LogP contribution is -2.38. The second-order valence-corrected chi connectivity index (χ2v) is 6.15. The highest BCUT2D eigenvalue weighted by molar-refractivity contribution is 7.10. The van der Waals surface area contributed by atoms with Crippen molar-refractivity contribution in [2.24, 2.45) is 0 Å². The summed E-state index contributed by atoms with van der Waals surface area (Å²) < 4.78 is 5.31. The molecule has 2 aromatic rings. The topological polar surface area (TPSA) is 55.6 Å². The molecule has 1 atom stereocenters. The van der Waals surface area contributed by atoms with Gasteiger partial charge in [0.1, 0.15) is 0 Å². The Morgan fingerprint density at radius 2 is 2.24 bits per heavy atom. The monoisotopic (exact) mass is 302 g/mol. The maximum Gasteiger partial charge on any atom is 0.258 e. The fourth-order valence-electron chi connectivity index (χ4n) is 2.89. The zero-order chi connectivity index (χ0) is 15.0. The summed E-state index contributed by atoms with van der Waals surface area (Å²) in [7, 11) is 1.54. The number of anilines is 1. The molecule has 0 bridgehead atoms. The normalized spacial score (nSPS) is 17.4. The minimum Gasteiger partial charge on any atom is -0.494 e. The number of nitrogens with zero attached hydrogens (tertiary/aromatic N) is 1. The molecule has 110 valence electrons. The molecule has 1 aromatic heterocycles. The molecular formula is C16H18N2O2S. The molecule has 1 aromatic carbocycles. The molecule has 0 saturated heterocycles. The highest BCUT2D eigenvalue weighted by atomic mass is 32.1. The van der Waals surface area contributed by atoms with Crippen LogP contribution in [0.2, 0.25) is 0 Å². The highest BCUT2D eigenvalue weighted by Crippen LogP contribution is 2.35. The molecule has 1 unspecified atom stereocenters. The molecule has 1 amide bonds. The van der Waals surface area contributed by atoms with Crippen LogP contribution in [0.3, 0.4) is 0 Å². The molecule has 0 spiro atoms. The summed E-state index contributed by atoms with van der Waals surface area (Å²) in [5.41, 5.74) is 8.17. The first-order valence-corrected chi connectivity index (χ1v) is 7.81. The van der Waals surface area contributed by atoms with E-state index in [2.05, 4.69) is 18.4 Å². The van der Waals surface area contributed by atoms with E-state index in [-0.39, 0.29) is 11.9 Å². The number of carbonyl (C=O) groups excluding carboxylic acids is 1. The summed E-state index contributed by atoms with van der Waals surface area (Å²) >= 11 is 1.77. The van der Waals surface area contributed by atoms with Crippen LogP contribution in [0.25, 0.3) is 0 Å². The highest BCUT2D eigenvalue weighted by Gasteiger charge is 2.30. The van der Waals surface area contributed by atoms with Gasteiger partial charge in [-0.3, -0.25) is 4.79 Å². The zero-order valence-electron chi connectivity index (χ0n) is 12.1. The molecule has 2 heterocycles. The number of nitrogens with two attached hydrogens (primary N) is 1. The minimum absolute atomic E-state index is 0.0245. The third-order valence-corrected chi connectivity index (χ3v) is 5.01. The van der Waals surface area contributed by atoms with Gasteiger partial charge in [-0.15, -0.1) is 11.3 Å². The number of thiophene rings is 1. The van der Waals surface area contributed by atoms with E-state index in [1.807, 2.05) is 4.90 Å². The van der Waals surface area contributed by atoms with Crippen LogP contribution >= 0.6 is 11.3 Å². The standard InChI is InChI=1S/C16H18N2O2S/c1-10-11-7-9-21-14(11)6-8-18(10)16(19)12-4-3-5-13(17)15(12)20-2/h3-5,7,9-10H,6,8,17H2,1-2H3. The molecule has 0 fully saturated rings. The van der Waals surface area contributed by atoms with Gasteiger partial charge in [-0.05, 0) is 42.5 Å². The van der Waals surface area contributed by atoms with Crippen molar-refractivity contribution in [1.82, 2.24) is 4.90 Å². The van der Waals surface area contributed by atoms with Crippen LogP contribution in [0.4, 0.5) is 5.69 Å². The van der Waals surface area contributed by atoms with Gasteiger partial charge < -0.3 is 15.4 Å². The van der Waals surface area contributed by atoms with E-state index in [4.69, 9.17) is 10.5 Å². The van der Waals surface area contributed by atoms with Crippen molar-refractivity contribution in [1.29, 1.82) is 0 Å². The number of ether oxygens (including phenoxy) is 1. The smallest absolute Gasteiger partial charge is 0.258 e. The number of carbonyl (C=O) groups is 1. The van der Waals surface area contributed by atoms with E-state index in [1.54, 1.807) is 36.6 Å². The molecule has 2 N–H and O–H groups in total. The SMILES string of the molecule is COc1c(N)cccc1C(=O)N1CCc2sccc2C1C. The number of methoxy groups -OCH3 is 1. The fraction of sp³-hybridized carbons (Fsp3) is 0.312. The quantitative estimate of drug-likeness (QED) is 0.867. The summed E-state index contributed by atoms with van der Waals surface area (Å²) in [6, 6.07) is 7.49. The number of nitrogen functional groups attached to an aromatic ring is 1. The van der Waals surface area contributed by atoms with Gasteiger partial charge in [0.2, 0.25) is 0 Å². The van der Waals surface area contributed by atoms with Gasteiger partial charge in [0.05, 0.1) is 24.4 Å². The lowest BCUT2D eigenvalue weighted by Gasteiger charge is -2.34. The number of benzene rings is 1. The van der Waals surface area contributed by atoms with Crippen molar-refractivity contribution in [3.8, 4) is 5.75 Å². The summed E-state index contributed by atoms with van der Waals surface area (Å²) in [6.07, 6.45) is 0.910. The third-order valence-electron chi connectivity index (χ3n) is 4.02. The van der Waals surface area contributed by atoms with Crippen molar-refractivity contribution in [3.05, 3.63) is 45.6 Å². The first-order chi connectivity index (χ1) is 10.1. The minimum atomic E-state index is -0.0245. The van der Waals surface area contributed by atoms with Gasteiger partial charge >= 0.3 is 0 Å². The lowest BCUT2D eigenvalue weighted by atomic mass is 10.00. The predicted molar refractivity (Wildman–Crippen MR) is 84.9 cm³/mol.